The highest BCUT2D eigenvalue weighted by atomic mass is 16.6. The highest BCUT2D eigenvalue weighted by Gasteiger charge is 2.20. The molecule has 0 aliphatic rings. The monoisotopic (exact) mass is 407 g/mol. The van der Waals surface area contributed by atoms with E-state index in [4.69, 9.17) is 4.74 Å². The van der Waals surface area contributed by atoms with Crippen molar-refractivity contribution in [2.24, 2.45) is 0 Å². The van der Waals surface area contributed by atoms with Crippen molar-refractivity contribution >= 4 is 34.2 Å². The first kappa shape index (κ1) is 20.9. The van der Waals surface area contributed by atoms with E-state index in [2.05, 4.69) is 10.3 Å². The number of nitro groups is 1. The molecule has 0 saturated heterocycles. The van der Waals surface area contributed by atoms with Gasteiger partial charge < -0.3 is 10.1 Å². The lowest BCUT2D eigenvalue weighted by atomic mass is 10.0. The number of amides is 1. The number of carbonyl (C=O) groups is 2. The third-order valence-corrected chi connectivity index (χ3v) is 4.81. The molecule has 0 radical (unpaired) electrons. The Morgan fingerprint density at radius 1 is 1.17 bits per heavy atom. The van der Waals surface area contributed by atoms with E-state index >= 15 is 0 Å². The molecule has 0 unspecified atom stereocenters. The first-order valence-corrected chi connectivity index (χ1v) is 9.42. The number of esters is 1. The SMILES string of the molecule is CCc1nc2ccccc2c(C)c1C(=O)OCC(=O)Nc1cc([N+](=O)[O-])ccc1C. The van der Waals surface area contributed by atoms with Gasteiger partial charge in [-0.1, -0.05) is 31.2 Å². The number of benzene rings is 2. The molecule has 0 fully saturated rings. The van der Waals surface area contributed by atoms with Crippen LogP contribution in [0.15, 0.2) is 42.5 Å². The first-order valence-electron chi connectivity index (χ1n) is 9.42. The summed E-state index contributed by atoms with van der Waals surface area (Å²) in [6.45, 7) is 4.91. The number of nitro benzene ring substituents is 1. The van der Waals surface area contributed by atoms with Crippen LogP contribution in [0.3, 0.4) is 0 Å². The number of carbonyl (C=O) groups excluding carboxylic acids is 2. The Kier molecular flexibility index (Phi) is 6.06. The lowest BCUT2D eigenvalue weighted by Crippen LogP contribution is -2.22. The van der Waals surface area contributed by atoms with Crippen LogP contribution in [0.2, 0.25) is 0 Å². The number of nitrogens with zero attached hydrogens (tertiary/aromatic N) is 2. The fourth-order valence-electron chi connectivity index (χ4n) is 3.22. The molecule has 3 rings (SSSR count). The Bertz CT molecular complexity index is 1160. The smallest absolute Gasteiger partial charge is 0.340 e. The van der Waals surface area contributed by atoms with Crippen molar-refractivity contribution < 1.29 is 19.2 Å². The van der Waals surface area contributed by atoms with Gasteiger partial charge in [0.2, 0.25) is 0 Å². The number of para-hydroxylation sites is 1. The average molecular weight is 407 g/mol. The summed E-state index contributed by atoms with van der Waals surface area (Å²) in [6.07, 6.45) is 0.537. The number of aromatic nitrogens is 1. The van der Waals surface area contributed by atoms with Crippen LogP contribution in [-0.2, 0) is 16.0 Å². The van der Waals surface area contributed by atoms with E-state index in [-0.39, 0.29) is 5.69 Å². The standard InChI is InChI=1S/C22H21N3O5/c1-4-17-21(14(3)16-7-5-6-8-18(16)23-17)22(27)30-12-20(26)24-19-11-15(25(28)29)10-9-13(19)2/h5-11H,4,12H2,1-3H3,(H,24,26). The zero-order valence-corrected chi connectivity index (χ0v) is 16.9. The lowest BCUT2D eigenvalue weighted by molar-refractivity contribution is -0.384. The van der Waals surface area contributed by atoms with Crippen molar-refractivity contribution in [1.82, 2.24) is 4.98 Å². The van der Waals surface area contributed by atoms with Crippen molar-refractivity contribution in [1.29, 1.82) is 0 Å². The summed E-state index contributed by atoms with van der Waals surface area (Å²) >= 11 is 0. The number of rotatable bonds is 6. The number of ether oxygens (including phenoxy) is 1. The predicted molar refractivity (Wildman–Crippen MR) is 113 cm³/mol. The topological polar surface area (TPSA) is 111 Å². The van der Waals surface area contributed by atoms with Crippen molar-refractivity contribution in [3.8, 4) is 0 Å². The molecular weight excluding hydrogens is 386 g/mol. The minimum Gasteiger partial charge on any atom is -0.452 e. The van der Waals surface area contributed by atoms with Crippen LogP contribution in [-0.4, -0.2) is 28.4 Å². The van der Waals surface area contributed by atoms with Crippen molar-refractivity contribution in [3.63, 3.8) is 0 Å². The second kappa shape index (κ2) is 8.69. The van der Waals surface area contributed by atoms with Gasteiger partial charge in [0.15, 0.2) is 6.61 Å². The zero-order chi connectivity index (χ0) is 21.8. The summed E-state index contributed by atoms with van der Waals surface area (Å²) in [7, 11) is 0. The average Bonchev–Trinajstić information content (AvgIpc) is 2.73. The molecule has 2 aromatic carbocycles. The number of aryl methyl sites for hydroxylation is 3. The molecule has 1 heterocycles. The molecule has 30 heavy (non-hydrogen) atoms. The van der Waals surface area contributed by atoms with Gasteiger partial charge in [-0.25, -0.2) is 4.79 Å². The van der Waals surface area contributed by atoms with E-state index in [9.17, 15) is 19.7 Å². The molecule has 8 heteroatoms. The second-order valence-electron chi connectivity index (χ2n) is 6.81. The van der Waals surface area contributed by atoms with E-state index in [1.165, 1.54) is 18.2 Å². The van der Waals surface area contributed by atoms with Gasteiger partial charge >= 0.3 is 5.97 Å². The number of anilines is 1. The molecule has 0 atom stereocenters. The number of fused-ring (bicyclic) bond motifs is 1. The maximum atomic E-state index is 12.7. The summed E-state index contributed by atoms with van der Waals surface area (Å²) in [4.78, 5) is 39.9. The van der Waals surface area contributed by atoms with Gasteiger partial charge in [0.25, 0.3) is 11.6 Å². The van der Waals surface area contributed by atoms with Crippen LogP contribution in [0.1, 0.15) is 34.1 Å². The van der Waals surface area contributed by atoms with Gasteiger partial charge in [-0.3, -0.25) is 19.9 Å². The maximum Gasteiger partial charge on any atom is 0.340 e. The van der Waals surface area contributed by atoms with E-state index in [1.54, 1.807) is 6.92 Å². The molecular formula is C22H21N3O5. The van der Waals surface area contributed by atoms with Crippen molar-refractivity contribution in [3.05, 3.63) is 75.0 Å². The molecule has 3 aromatic rings. The Hall–Kier alpha value is -3.81. The van der Waals surface area contributed by atoms with Crippen molar-refractivity contribution in [2.75, 3.05) is 11.9 Å². The molecule has 1 N–H and O–H groups in total. The van der Waals surface area contributed by atoms with Gasteiger partial charge in [-0.2, -0.15) is 0 Å². The second-order valence-corrected chi connectivity index (χ2v) is 6.81. The minimum atomic E-state index is -0.631. The third kappa shape index (κ3) is 4.27. The highest BCUT2D eigenvalue weighted by molar-refractivity contribution is 6.00. The zero-order valence-electron chi connectivity index (χ0n) is 16.9. The summed E-state index contributed by atoms with van der Waals surface area (Å²) in [6, 6.07) is 11.7. The van der Waals surface area contributed by atoms with Crippen LogP contribution in [0, 0.1) is 24.0 Å². The predicted octanol–water partition coefficient (Wildman–Crippen LogP) is 4.12. The highest BCUT2D eigenvalue weighted by Crippen LogP contribution is 2.24. The first-order chi connectivity index (χ1) is 14.3. The third-order valence-electron chi connectivity index (χ3n) is 4.81. The van der Waals surface area contributed by atoms with Gasteiger partial charge in [-0.05, 0) is 37.5 Å². The Morgan fingerprint density at radius 3 is 2.60 bits per heavy atom. The minimum absolute atomic E-state index is 0.140. The fraction of sp³-hybridized carbons (Fsp3) is 0.227. The van der Waals surface area contributed by atoms with Gasteiger partial charge in [0, 0.05) is 17.5 Å². The summed E-state index contributed by atoms with van der Waals surface area (Å²) < 4.78 is 5.23. The van der Waals surface area contributed by atoms with E-state index in [0.29, 0.717) is 28.9 Å². The fourth-order valence-corrected chi connectivity index (χ4v) is 3.22. The summed E-state index contributed by atoms with van der Waals surface area (Å²) in [5.74, 6) is -1.22. The molecule has 8 nitrogen and oxygen atoms in total. The number of nitrogens with one attached hydrogen (secondary N) is 1. The number of hydrogen-bond donors (Lipinski definition) is 1. The molecule has 0 saturated carbocycles. The summed E-state index contributed by atoms with van der Waals surface area (Å²) in [5.41, 5.74) is 3.31. The van der Waals surface area contributed by atoms with Crippen molar-refractivity contribution in [2.45, 2.75) is 27.2 Å². The summed E-state index contributed by atoms with van der Waals surface area (Å²) in [5, 5.41) is 14.3. The Morgan fingerprint density at radius 2 is 1.90 bits per heavy atom. The molecule has 0 aliphatic heterocycles. The van der Waals surface area contributed by atoms with E-state index in [0.717, 1.165) is 16.5 Å². The van der Waals surface area contributed by atoms with Crippen LogP contribution < -0.4 is 5.32 Å². The van der Waals surface area contributed by atoms with Crippen LogP contribution in [0.25, 0.3) is 10.9 Å². The number of non-ortho nitro benzene ring substituents is 1. The molecule has 0 aliphatic carbocycles. The number of pyridine rings is 1. The van der Waals surface area contributed by atoms with Gasteiger partial charge in [0.05, 0.1) is 27.4 Å². The Balaban J connectivity index is 1.76. The Labute approximate surface area is 173 Å². The van der Waals surface area contributed by atoms with E-state index < -0.39 is 23.4 Å². The number of hydrogen-bond acceptors (Lipinski definition) is 6. The molecule has 0 bridgehead atoms. The molecule has 1 amide bonds. The van der Waals surface area contributed by atoms with Gasteiger partial charge in [0.1, 0.15) is 0 Å². The van der Waals surface area contributed by atoms with Gasteiger partial charge in [-0.15, -0.1) is 0 Å². The lowest BCUT2D eigenvalue weighted by Gasteiger charge is -2.13. The van der Waals surface area contributed by atoms with Crippen LogP contribution in [0.4, 0.5) is 11.4 Å². The van der Waals surface area contributed by atoms with E-state index in [1.807, 2.05) is 38.1 Å². The maximum absolute atomic E-state index is 12.7. The van der Waals surface area contributed by atoms with Crippen LogP contribution in [0.5, 0.6) is 0 Å². The quantitative estimate of drug-likeness (QED) is 0.374. The molecule has 1 aromatic heterocycles. The molecule has 154 valence electrons. The molecule has 0 spiro atoms. The largest absolute Gasteiger partial charge is 0.452 e. The van der Waals surface area contributed by atoms with Crippen LogP contribution >= 0.6 is 0 Å². The normalized spacial score (nSPS) is 10.6.